The first-order chi connectivity index (χ1) is 22.9. The molecule has 9 heteroatoms. The van der Waals surface area contributed by atoms with E-state index < -0.39 is 18.3 Å². The van der Waals surface area contributed by atoms with E-state index in [0.29, 0.717) is 6.54 Å². The van der Waals surface area contributed by atoms with E-state index >= 15 is 0 Å². The van der Waals surface area contributed by atoms with E-state index in [4.69, 9.17) is 14.2 Å². The minimum Gasteiger partial charge on any atom is -0.465 e. The molecule has 2 aliphatic heterocycles. The molecule has 2 aliphatic rings. The molecule has 0 radical (unpaired) electrons. The second kappa shape index (κ2) is 17.4. The zero-order valence-electron chi connectivity index (χ0n) is 27.7. The Labute approximate surface area is 278 Å². The standard InChI is InChI=1S/C38H49N3O6/c1-3-45-35(43)24-40-38(44)39-23-29-11-9-12-31(21-29)32-13-10-14-33(22-32)37-46-34(25-41-19-7-5-4-6-8-20-41)27(2)36(47-37)30-17-15-28(26-42)16-18-30/h9-18,21-22,27,34,36-37,42H,3-8,19-20,23-26H2,1-2H3,(H2,39,40,44)/t27-,34+,36+,37+/m1/s1. The quantitative estimate of drug-likeness (QED) is 0.212. The number of ether oxygens (including phenoxy) is 3. The van der Waals surface area contributed by atoms with Gasteiger partial charge in [0.05, 0.1) is 25.4 Å². The molecule has 2 heterocycles. The normalized spacial score (nSPS) is 22.1. The van der Waals surface area contributed by atoms with E-state index in [1.807, 2.05) is 42.5 Å². The number of aliphatic hydroxyl groups excluding tert-OH is 1. The number of nitrogens with zero attached hydrogens (tertiary/aromatic N) is 1. The molecule has 2 fully saturated rings. The summed E-state index contributed by atoms with van der Waals surface area (Å²) in [6, 6.07) is 23.9. The van der Waals surface area contributed by atoms with Crippen molar-refractivity contribution in [1.29, 1.82) is 0 Å². The number of esters is 1. The molecule has 0 bridgehead atoms. The first-order valence-electron chi connectivity index (χ1n) is 17.0. The Kier molecular flexibility index (Phi) is 12.8. The summed E-state index contributed by atoms with van der Waals surface area (Å²) in [5.41, 5.74) is 5.87. The summed E-state index contributed by atoms with van der Waals surface area (Å²) in [7, 11) is 0. The number of hydrogen-bond donors (Lipinski definition) is 3. The number of likely N-dealkylation sites (tertiary alicyclic amines) is 1. The van der Waals surface area contributed by atoms with Gasteiger partial charge in [0.1, 0.15) is 6.54 Å². The average Bonchev–Trinajstić information content (AvgIpc) is 3.08. The Balaban J connectivity index is 1.32. The van der Waals surface area contributed by atoms with Crippen LogP contribution in [0.15, 0.2) is 72.8 Å². The van der Waals surface area contributed by atoms with Crippen molar-refractivity contribution in [1.82, 2.24) is 15.5 Å². The fourth-order valence-electron chi connectivity index (χ4n) is 6.41. The van der Waals surface area contributed by atoms with E-state index in [0.717, 1.165) is 53.0 Å². The van der Waals surface area contributed by atoms with E-state index in [-0.39, 0.29) is 37.9 Å². The Morgan fingerprint density at radius 2 is 1.55 bits per heavy atom. The van der Waals surface area contributed by atoms with Crippen LogP contribution in [0.2, 0.25) is 0 Å². The van der Waals surface area contributed by atoms with Crippen LogP contribution in [0.4, 0.5) is 4.79 Å². The van der Waals surface area contributed by atoms with Crippen molar-refractivity contribution in [2.45, 2.75) is 77.6 Å². The first kappa shape index (κ1) is 34.6. The number of hydrogen-bond acceptors (Lipinski definition) is 7. The largest absolute Gasteiger partial charge is 0.465 e. The second-order valence-corrected chi connectivity index (χ2v) is 12.6. The van der Waals surface area contributed by atoms with E-state index in [1.165, 1.54) is 32.1 Å². The van der Waals surface area contributed by atoms with Crippen LogP contribution in [0.1, 0.15) is 80.6 Å². The smallest absolute Gasteiger partial charge is 0.325 e. The first-order valence-corrected chi connectivity index (χ1v) is 17.0. The predicted molar refractivity (Wildman–Crippen MR) is 181 cm³/mol. The highest BCUT2D eigenvalue weighted by atomic mass is 16.7. The second-order valence-electron chi connectivity index (χ2n) is 12.6. The van der Waals surface area contributed by atoms with Gasteiger partial charge in [-0.05, 0) is 72.8 Å². The average molecular weight is 644 g/mol. The lowest BCUT2D eigenvalue weighted by molar-refractivity contribution is -0.276. The van der Waals surface area contributed by atoms with Crippen LogP contribution in [0.25, 0.3) is 11.1 Å². The van der Waals surface area contributed by atoms with Gasteiger partial charge in [-0.3, -0.25) is 4.79 Å². The number of carbonyl (C=O) groups excluding carboxylic acids is 2. The van der Waals surface area contributed by atoms with Gasteiger partial charge in [0, 0.05) is 24.6 Å². The van der Waals surface area contributed by atoms with Gasteiger partial charge >= 0.3 is 12.0 Å². The molecule has 3 aromatic rings. The molecule has 47 heavy (non-hydrogen) atoms. The highest BCUT2D eigenvalue weighted by molar-refractivity contribution is 5.80. The van der Waals surface area contributed by atoms with Gasteiger partial charge in [0.2, 0.25) is 0 Å². The van der Waals surface area contributed by atoms with Gasteiger partial charge in [-0.15, -0.1) is 0 Å². The maximum atomic E-state index is 12.2. The number of amides is 2. The van der Waals surface area contributed by atoms with Crippen LogP contribution in [-0.2, 0) is 32.2 Å². The Morgan fingerprint density at radius 3 is 2.28 bits per heavy atom. The fraction of sp³-hybridized carbons (Fsp3) is 0.474. The molecule has 5 rings (SSSR count). The monoisotopic (exact) mass is 643 g/mol. The van der Waals surface area contributed by atoms with Gasteiger partial charge < -0.3 is 34.9 Å². The minimum atomic E-state index is -0.540. The molecule has 0 unspecified atom stereocenters. The molecule has 2 amide bonds. The van der Waals surface area contributed by atoms with Gasteiger partial charge in [-0.2, -0.15) is 0 Å². The number of nitrogens with one attached hydrogen (secondary N) is 2. The van der Waals surface area contributed by atoms with Crippen molar-refractivity contribution in [3.05, 3.63) is 95.1 Å². The van der Waals surface area contributed by atoms with Crippen molar-refractivity contribution < 1.29 is 28.9 Å². The summed E-state index contributed by atoms with van der Waals surface area (Å²) in [5, 5.41) is 14.9. The van der Waals surface area contributed by atoms with Gasteiger partial charge in [0.25, 0.3) is 0 Å². The van der Waals surface area contributed by atoms with Gasteiger partial charge in [-0.25, -0.2) is 4.79 Å². The third-order valence-corrected chi connectivity index (χ3v) is 9.08. The molecule has 3 N–H and O–H groups in total. The fourth-order valence-corrected chi connectivity index (χ4v) is 6.41. The lowest BCUT2D eigenvalue weighted by atomic mass is 9.89. The molecule has 0 saturated carbocycles. The summed E-state index contributed by atoms with van der Waals surface area (Å²) in [6.45, 7) is 7.43. The third kappa shape index (κ3) is 9.87. The Morgan fingerprint density at radius 1 is 0.851 bits per heavy atom. The van der Waals surface area contributed by atoms with Crippen molar-refractivity contribution in [2.24, 2.45) is 5.92 Å². The van der Waals surface area contributed by atoms with Crippen LogP contribution in [0.3, 0.4) is 0 Å². The number of carbonyl (C=O) groups is 2. The molecule has 0 aliphatic carbocycles. The van der Waals surface area contributed by atoms with Gasteiger partial charge in [-0.1, -0.05) is 86.8 Å². The molecule has 252 valence electrons. The van der Waals surface area contributed by atoms with E-state index in [1.54, 1.807) is 6.92 Å². The molecule has 2 saturated heterocycles. The molecular formula is C38H49N3O6. The highest BCUT2D eigenvalue weighted by Crippen LogP contribution is 2.42. The van der Waals surface area contributed by atoms with Crippen LogP contribution < -0.4 is 10.6 Å². The summed E-state index contributed by atoms with van der Waals surface area (Å²) < 4.78 is 18.4. The van der Waals surface area contributed by atoms with Crippen molar-refractivity contribution >= 4 is 12.0 Å². The molecule has 0 spiro atoms. The maximum absolute atomic E-state index is 12.2. The molecule has 4 atom stereocenters. The van der Waals surface area contributed by atoms with Crippen LogP contribution in [0.5, 0.6) is 0 Å². The zero-order chi connectivity index (χ0) is 33.0. The summed E-state index contributed by atoms with van der Waals surface area (Å²) in [5.74, 6) is -0.335. The summed E-state index contributed by atoms with van der Waals surface area (Å²) >= 11 is 0. The van der Waals surface area contributed by atoms with Crippen molar-refractivity contribution in [3.8, 4) is 11.1 Å². The van der Waals surface area contributed by atoms with Crippen molar-refractivity contribution in [3.63, 3.8) is 0 Å². The number of aliphatic hydroxyl groups is 1. The molecule has 0 aromatic heterocycles. The number of urea groups is 1. The highest BCUT2D eigenvalue weighted by Gasteiger charge is 2.39. The Bertz CT molecular complexity index is 1440. The predicted octanol–water partition coefficient (Wildman–Crippen LogP) is 6.27. The van der Waals surface area contributed by atoms with E-state index in [2.05, 4.69) is 52.8 Å². The SMILES string of the molecule is CCOC(=O)CNC(=O)NCc1cccc(-c2cccc([C@H]3O[C@@H](CN4CCCCCCC4)[C@@H](C)[C@@H](c4ccc(CO)cc4)O3)c2)c1. The van der Waals surface area contributed by atoms with Crippen LogP contribution in [-0.4, -0.2) is 60.9 Å². The zero-order valence-corrected chi connectivity index (χ0v) is 27.7. The molecule has 3 aromatic carbocycles. The molecule has 9 nitrogen and oxygen atoms in total. The lowest BCUT2D eigenvalue weighted by Crippen LogP contribution is -2.45. The van der Waals surface area contributed by atoms with Crippen LogP contribution >= 0.6 is 0 Å². The van der Waals surface area contributed by atoms with Gasteiger partial charge in [0.15, 0.2) is 6.29 Å². The molecular weight excluding hydrogens is 594 g/mol. The van der Waals surface area contributed by atoms with Crippen LogP contribution in [0, 0.1) is 5.92 Å². The maximum Gasteiger partial charge on any atom is 0.325 e. The van der Waals surface area contributed by atoms with Crippen molar-refractivity contribution in [2.75, 3.05) is 32.8 Å². The Hall–Kier alpha value is -3.76. The number of benzene rings is 3. The number of rotatable bonds is 11. The minimum absolute atomic E-state index is 0.0104. The topological polar surface area (TPSA) is 109 Å². The van der Waals surface area contributed by atoms with E-state index in [9.17, 15) is 14.7 Å². The third-order valence-electron chi connectivity index (χ3n) is 9.08. The summed E-state index contributed by atoms with van der Waals surface area (Å²) in [6.07, 6.45) is 5.64. The lowest BCUT2D eigenvalue weighted by Gasteiger charge is -2.43. The summed E-state index contributed by atoms with van der Waals surface area (Å²) in [4.78, 5) is 26.3.